The van der Waals surface area contributed by atoms with E-state index in [1.54, 1.807) is 0 Å². The van der Waals surface area contributed by atoms with Gasteiger partial charge in [-0.25, -0.2) is 0 Å². The van der Waals surface area contributed by atoms with E-state index in [2.05, 4.69) is 87.5 Å². The van der Waals surface area contributed by atoms with E-state index in [1.165, 1.54) is 22.2 Å². The number of aromatic nitrogens is 1. The van der Waals surface area contributed by atoms with Crippen molar-refractivity contribution in [3.05, 3.63) is 64.9 Å². The maximum absolute atomic E-state index is 3.62. The summed E-state index contributed by atoms with van der Waals surface area (Å²) in [5.41, 5.74) is 2.50. The number of nitrogens with one attached hydrogen (secondary N) is 1. The first-order valence-corrected chi connectivity index (χ1v) is 8.14. The van der Waals surface area contributed by atoms with Gasteiger partial charge in [0, 0.05) is 34.0 Å². The Balaban J connectivity index is 1.85. The fourth-order valence-corrected chi connectivity index (χ4v) is 3.15. The van der Waals surface area contributed by atoms with Crippen LogP contribution in [0.2, 0.25) is 0 Å². The molecule has 0 saturated carbocycles. The average molecular weight is 343 g/mol. The summed E-state index contributed by atoms with van der Waals surface area (Å²) < 4.78 is 3.45. The lowest BCUT2D eigenvalue weighted by Gasteiger charge is -2.13. The zero-order chi connectivity index (χ0) is 14.7. The van der Waals surface area contributed by atoms with E-state index >= 15 is 0 Å². The van der Waals surface area contributed by atoms with E-state index in [0.29, 0.717) is 0 Å². The van der Waals surface area contributed by atoms with E-state index in [4.69, 9.17) is 0 Å². The van der Waals surface area contributed by atoms with Crippen molar-refractivity contribution >= 4 is 32.4 Å². The van der Waals surface area contributed by atoms with Gasteiger partial charge in [-0.1, -0.05) is 47.1 Å². The van der Waals surface area contributed by atoms with Crippen molar-refractivity contribution in [2.45, 2.75) is 26.4 Å². The molecule has 2 aromatic carbocycles. The summed E-state index contributed by atoms with van der Waals surface area (Å²) in [6.45, 7) is 4.13. The zero-order valence-electron chi connectivity index (χ0n) is 12.1. The minimum atomic E-state index is 0.846. The Hall–Kier alpha value is -1.74. The molecule has 3 rings (SSSR count). The molecule has 0 atom stereocenters. The number of aryl methyl sites for hydroxylation is 1. The Labute approximate surface area is 133 Å². The molecule has 1 heterocycles. The van der Waals surface area contributed by atoms with Crippen LogP contribution >= 0.6 is 15.9 Å². The Morgan fingerprint density at radius 3 is 2.62 bits per heavy atom. The van der Waals surface area contributed by atoms with Gasteiger partial charge < -0.3 is 9.88 Å². The van der Waals surface area contributed by atoms with Crippen molar-refractivity contribution in [2.24, 2.45) is 0 Å². The molecule has 0 unspecified atom stereocenters. The maximum Gasteiger partial charge on any atom is 0.0553 e. The number of fused-ring (bicyclic) bond motifs is 1. The molecule has 1 aromatic heterocycles. The van der Waals surface area contributed by atoms with E-state index < -0.39 is 0 Å². The molecule has 0 radical (unpaired) electrons. The van der Waals surface area contributed by atoms with Crippen molar-refractivity contribution in [1.82, 2.24) is 4.57 Å². The third-order valence-electron chi connectivity index (χ3n) is 3.72. The second-order valence-electron chi connectivity index (χ2n) is 5.19. The summed E-state index contributed by atoms with van der Waals surface area (Å²) in [4.78, 5) is 0. The fourth-order valence-electron chi connectivity index (χ4n) is 2.67. The van der Waals surface area contributed by atoms with Gasteiger partial charge in [0.05, 0.1) is 6.54 Å². The lowest BCUT2D eigenvalue weighted by Crippen LogP contribution is -2.07. The standard InChI is InChI=1S/C18H19BrN2/c1-2-11-21-12-5-6-14(21)13-20-18-10-9-17(19)15-7-3-4-8-16(15)18/h3-10,12,20H,2,11,13H2,1H3. The second-order valence-corrected chi connectivity index (χ2v) is 6.04. The third kappa shape index (κ3) is 2.98. The quantitative estimate of drug-likeness (QED) is 0.654. The predicted octanol–water partition coefficient (Wildman–Crippen LogP) is 5.43. The fraction of sp³-hybridized carbons (Fsp3) is 0.222. The summed E-state index contributed by atoms with van der Waals surface area (Å²) in [6, 6.07) is 17.0. The van der Waals surface area contributed by atoms with Crippen LogP contribution in [0.25, 0.3) is 10.8 Å². The smallest absolute Gasteiger partial charge is 0.0553 e. The molecule has 21 heavy (non-hydrogen) atoms. The number of halogens is 1. The predicted molar refractivity (Wildman–Crippen MR) is 93.7 cm³/mol. The van der Waals surface area contributed by atoms with E-state index in [0.717, 1.165) is 24.0 Å². The number of hydrogen-bond donors (Lipinski definition) is 1. The van der Waals surface area contributed by atoms with Gasteiger partial charge in [-0.3, -0.25) is 0 Å². The van der Waals surface area contributed by atoms with Gasteiger partial charge in [0.1, 0.15) is 0 Å². The van der Waals surface area contributed by atoms with Crippen LogP contribution in [0, 0.1) is 0 Å². The molecule has 0 fully saturated rings. The maximum atomic E-state index is 3.62. The van der Waals surface area contributed by atoms with Crippen LogP contribution in [0.3, 0.4) is 0 Å². The van der Waals surface area contributed by atoms with Crippen LogP contribution in [0.1, 0.15) is 19.0 Å². The molecule has 0 aliphatic heterocycles. The first-order valence-electron chi connectivity index (χ1n) is 7.34. The summed E-state index contributed by atoms with van der Waals surface area (Å²) >= 11 is 3.62. The highest BCUT2D eigenvalue weighted by Crippen LogP contribution is 2.30. The number of anilines is 1. The van der Waals surface area contributed by atoms with Gasteiger partial charge in [0.2, 0.25) is 0 Å². The third-order valence-corrected chi connectivity index (χ3v) is 4.41. The minimum absolute atomic E-state index is 0.846. The van der Waals surface area contributed by atoms with Crippen molar-refractivity contribution in [3.8, 4) is 0 Å². The number of hydrogen-bond acceptors (Lipinski definition) is 1. The lowest BCUT2D eigenvalue weighted by molar-refractivity contribution is 0.654. The van der Waals surface area contributed by atoms with Crippen molar-refractivity contribution < 1.29 is 0 Å². The van der Waals surface area contributed by atoms with Gasteiger partial charge >= 0.3 is 0 Å². The highest BCUT2D eigenvalue weighted by atomic mass is 79.9. The van der Waals surface area contributed by atoms with Crippen LogP contribution in [0.4, 0.5) is 5.69 Å². The first-order chi connectivity index (χ1) is 10.3. The molecular weight excluding hydrogens is 324 g/mol. The normalized spacial score (nSPS) is 11.0. The molecule has 3 heteroatoms. The van der Waals surface area contributed by atoms with Gasteiger partial charge in [-0.05, 0) is 36.1 Å². The van der Waals surface area contributed by atoms with Crippen LogP contribution in [-0.2, 0) is 13.1 Å². The highest BCUT2D eigenvalue weighted by molar-refractivity contribution is 9.10. The Morgan fingerprint density at radius 2 is 1.81 bits per heavy atom. The monoisotopic (exact) mass is 342 g/mol. The van der Waals surface area contributed by atoms with Gasteiger partial charge in [0.25, 0.3) is 0 Å². The van der Waals surface area contributed by atoms with Crippen LogP contribution in [0.5, 0.6) is 0 Å². The van der Waals surface area contributed by atoms with Crippen LogP contribution in [0.15, 0.2) is 59.2 Å². The zero-order valence-corrected chi connectivity index (χ0v) is 13.7. The SMILES string of the molecule is CCCn1cccc1CNc1ccc(Br)c2ccccc12. The Bertz CT molecular complexity index is 746. The molecule has 0 amide bonds. The van der Waals surface area contributed by atoms with Gasteiger partial charge in [0.15, 0.2) is 0 Å². The van der Waals surface area contributed by atoms with Gasteiger partial charge in [-0.2, -0.15) is 0 Å². The van der Waals surface area contributed by atoms with Crippen molar-refractivity contribution in [2.75, 3.05) is 5.32 Å². The molecule has 2 nitrogen and oxygen atoms in total. The number of rotatable bonds is 5. The Kier molecular flexibility index (Phi) is 4.30. The summed E-state index contributed by atoms with van der Waals surface area (Å²) in [7, 11) is 0. The summed E-state index contributed by atoms with van der Waals surface area (Å²) in [5.74, 6) is 0. The van der Waals surface area contributed by atoms with Crippen molar-refractivity contribution in [3.63, 3.8) is 0 Å². The van der Waals surface area contributed by atoms with E-state index in [-0.39, 0.29) is 0 Å². The average Bonchev–Trinajstić information content (AvgIpc) is 2.95. The summed E-state index contributed by atoms with van der Waals surface area (Å²) in [5, 5.41) is 6.07. The van der Waals surface area contributed by atoms with Crippen molar-refractivity contribution in [1.29, 1.82) is 0 Å². The minimum Gasteiger partial charge on any atom is -0.379 e. The second kappa shape index (κ2) is 6.35. The molecule has 0 spiro atoms. The molecule has 0 aliphatic rings. The van der Waals surface area contributed by atoms with Crippen LogP contribution in [-0.4, -0.2) is 4.57 Å². The van der Waals surface area contributed by atoms with E-state index in [1.807, 2.05) is 0 Å². The molecular formula is C18H19BrN2. The Morgan fingerprint density at radius 1 is 1.00 bits per heavy atom. The van der Waals surface area contributed by atoms with Crippen LogP contribution < -0.4 is 5.32 Å². The topological polar surface area (TPSA) is 17.0 Å². The van der Waals surface area contributed by atoms with E-state index in [9.17, 15) is 0 Å². The highest BCUT2D eigenvalue weighted by Gasteiger charge is 2.05. The summed E-state index contributed by atoms with van der Waals surface area (Å²) in [6.07, 6.45) is 3.31. The molecule has 0 bridgehead atoms. The van der Waals surface area contributed by atoms with Gasteiger partial charge in [-0.15, -0.1) is 0 Å². The molecule has 108 valence electrons. The number of nitrogens with zero attached hydrogens (tertiary/aromatic N) is 1. The molecule has 0 aliphatic carbocycles. The molecule has 1 N–H and O–H groups in total. The largest absolute Gasteiger partial charge is 0.379 e. The lowest BCUT2D eigenvalue weighted by atomic mass is 10.1. The first kappa shape index (κ1) is 14.2. The molecule has 0 saturated heterocycles. The number of benzene rings is 2. The molecule has 3 aromatic rings.